The molecule has 5 heteroatoms. The van der Waals surface area contributed by atoms with E-state index in [-0.39, 0.29) is 5.91 Å². The normalized spacial score (nSPS) is 16.4. The SMILES string of the molecule is CCC1CCc2c(sc(NC(=O)/C=C/c3cccc(Cl)c3)c2C#N)C1. The number of fused-ring (bicyclic) bond motifs is 1. The third-order valence-corrected chi connectivity index (χ3v) is 5.97. The maximum Gasteiger partial charge on any atom is 0.249 e. The second-order valence-corrected chi connectivity index (χ2v) is 7.76. The summed E-state index contributed by atoms with van der Waals surface area (Å²) in [4.78, 5) is 13.5. The summed E-state index contributed by atoms with van der Waals surface area (Å²) in [5, 5.41) is 13.7. The van der Waals surface area contributed by atoms with Gasteiger partial charge in [0.2, 0.25) is 5.91 Å². The molecule has 1 amide bonds. The lowest BCUT2D eigenvalue weighted by Crippen LogP contribution is -2.12. The minimum atomic E-state index is -0.234. The fourth-order valence-electron chi connectivity index (χ4n) is 3.14. The van der Waals surface area contributed by atoms with E-state index < -0.39 is 0 Å². The van der Waals surface area contributed by atoms with Crippen molar-refractivity contribution in [3.63, 3.8) is 0 Å². The number of amides is 1. The molecule has 1 N–H and O–H groups in total. The quantitative estimate of drug-likeness (QED) is 0.728. The van der Waals surface area contributed by atoms with Gasteiger partial charge in [0, 0.05) is 16.0 Å². The Hall–Kier alpha value is -2.09. The fraction of sp³-hybridized carbons (Fsp3) is 0.300. The third kappa shape index (κ3) is 4.12. The predicted octanol–water partition coefficient (Wildman–Crippen LogP) is 5.44. The van der Waals surface area contributed by atoms with Gasteiger partial charge < -0.3 is 5.32 Å². The highest BCUT2D eigenvalue weighted by Crippen LogP contribution is 2.39. The van der Waals surface area contributed by atoms with Crippen LogP contribution in [0.4, 0.5) is 5.00 Å². The van der Waals surface area contributed by atoms with Crippen LogP contribution in [0.15, 0.2) is 30.3 Å². The lowest BCUT2D eigenvalue weighted by atomic mass is 9.86. The smallest absolute Gasteiger partial charge is 0.249 e. The molecule has 1 unspecified atom stereocenters. The van der Waals surface area contributed by atoms with Gasteiger partial charge in [0.1, 0.15) is 11.1 Å². The number of halogens is 1. The second kappa shape index (κ2) is 7.86. The Morgan fingerprint density at radius 1 is 1.52 bits per heavy atom. The van der Waals surface area contributed by atoms with Crippen LogP contribution < -0.4 is 5.32 Å². The van der Waals surface area contributed by atoms with Gasteiger partial charge in [0.05, 0.1) is 5.56 Å². The van der Waals surface area contributed by atoms with Crippen molar-refractivity contribution < 1.29 is 4.79 Å². The first kappa shape index (κ1) is 17.7. The number of rotatable bonds is 4. The van der Waals surface area contributed by atoms with E-state index in [1.165, 1.54) is 11.0 Å². The van der Waals surface area contributed by atoms with E-state index in [9.17, 15) is 10.1 Å². The van der Waals surface area contributed by atoms with Crippen LogP contribution >= 0.6 is 22.9 Å². The van der Waals surface area contributed by atoms with Gasteiger partial charge in [-0.2, -0.15) is 5.26 Å². The Balaban J connectivity index is 1.75. The van der Waals surface area contributed by atoms with Gasteiger partial charge in [-0.25, -0.2) is 0 Å². The number of hydrogen-bond donors (Lipinski definition) is 1. The van der Waals surface area contributed by atoms with Gasteiger partial charge in [0.25, 0.3) is 0 Å². The molecule has 1 aliphatic rings. The molecule has 1 aromatic carbocycles. The highest BCUT2D eigenvalue weighted by Gasteiger charge is 2.25. The molecule has 3 nitrogen and oxygen atoms in total. The molecule has 3 rings (SSSR count). The maximum atomic E-state index is 12.2. The van der Waals surface area contributed by atoms with Crippen LogP contribution in [0.2, 0.25) is 5.02 Å². The average molecular weight is 371 g/mol. The van der Waals surface area contributed by atoms with Crippen molar-refractivity contribution in [3.8, 4) is 6.07 Å². The van der Waals surface area contributed by atoms with Gasteiger partial charge in [0.15, 0.2) is 0 Å². The van der Waals surface area contributed by atoms with E-state index in [4.69, 9.17) is 11.6 Å². The number of carbonyl (C=O) groups excluding carboxylic acids is 1. The zero-order valence-electron chi connectivity index (χ0n) is 14.0. The van der Waals surface area contributed by atoms with Crippen LogP contribution in [-0.2, 0) is 17.6 Å². The molecule has 0 fully saturated rings. The fourth-order valence-corrected chi connectivity index (χ4v) is 4.66. The molecule has 2 aromatic rings. The number of hydrogen-bond acceptors (Lipinski definition) is 3. The minimum absolute atomic E-state index is 0.234. The van der Waals surface area contributed by atoms with Crippen LogP contribution in [0.3, 0.4) is 0 Å². The van der Waals surface area contributed by atoms with Gasteiger partial charge in [-0.15, -0.1) is 11.3 Å². The van der Waals surface area contributed by atoms with Crippen LogP contribution in [0.1, 0.15) is 41.3 Å². The molecule has 0 radical (unpaired) electrons. The van der Waals surface area contributed by atoms with Crippen LogP contribution in [0, 0.1) is 17.2 Å². The molecular weight excluding hydrogens is 352 g/mol. The van der Waals surface area contributed by atoms with Gasteiger partial charge in [-0.1, -0.05) is 37.1 Å². The Morgan fingerprint density at radius 3 is 3.08 bits per heavy atom. The van der Waals surface area contributed by atoms with Crippen molar-refractivity contribution in [2.75, 3.05) is 5.32 Å². The summed E-state index contributed by atoms with van der Waals surface area (Å²) in [5.41, 5.74) is 2.63. The van der Waals surface area contributed by atoms with Crippen LogP contribution in [0.5, 0.6) is 0 Å². The molecule has 0 aliphatic heterocycles. The molecule has 1 heterocycles. The Labute approximate surface area is 156 Å². The number of carbonyl (C=O) groups is 1. The predicted molar refractivity (Wildman–Crippen MR) is 104 cm³/mol. The highest BCUT2D eigenvalue weighted by atomic mass is 35.5. The third-order valence-electron chi connectivity index (χ3n) is 4.57. The molecule has 0 saturated heterocycles. The van der Waals surface area contributed by atoms with E-state index in [1.54, 1.807) is 29.5 Å². The molecule has 25 heavy (non-hydrogen) atoms. The lowest BCUT2D eigenvalue weighted by Gasteiger charge is -2.20. The van der Waals surface area contributed by atoms with E-state index in [2.05, 4.69) is 18.3 Å². The monoisotopic (exact) mass is 370 g/mol. The molecule has 1 aliphatic carbocycles. The number of nitriles is 1. The van der Waals surface area contributed by atoms with Crippen molar-refractivity contribution in [1.82, 2.24) is 0 Å². The van der Waals surface area contributed by atoms with Crippen molar-refractivity contribution in [3.05, 3.63) is 56.9 Å². The topological polar surface area (TPSA) is 52.9 Å². The van der Waals surface area contributed by atoms with Crippen molar-refractivity contribution in [2.24, 2.45) is 5.92 Å². The number of nitrogens with zero attached hydrogens (tertiary/aromatic N) is 1. The molecule has 1 atom stereocenters. The summed E-state index contributed by atoms with van der Waals surface area (Å²) in [6.45, 7) is 2.21. The first-order valence-electron chi connectivity index (χ1n) is 8.40. The summed E-state index contributed by atoms with van der Waals surface area (Å²) < 4.78 is 0. The Morgan fingerprint density at radius 2 is 2.36 bits per heavy atom. The second-order valence-electron chi connectivity index (χ2n) is 6.21. The van der Waals surface area contributed by atoms with Crippen molar-refractivity contribution in [2.45, 2.75) is 32.6 Å². The van der Waals surface area contributed by atoms with Crippen LogP contribution in [0.25, 0.3) is 6.08 Å². The summed E-state index contributed by atoms with van der Waals surface area (Å²) in [6.07, 6.45) is 7.41. The number of thiophene rings is 1. The molecule has 1 aromatic heterocycles. The Kier molecular flexibility index (Phi) is 5.57. The number of nitrogens with one attached hydrogen (secondary N) is 1. The molecule has 0 saturated carbocycles. The van der Waals surface area contributed by atoms with Crippen LogP contribution in [-0.4, -0.2) is 5.91 Å². The van der Waals surface area contributed by atoms with Gasteiger partial charge in [-0.3, -0.25) is 4.79 Å². The summed E-state index contributed by atoms with van der Waals surface area (Å²) in [5.74, 6) is 0.450. The van der Waals surface area contributed by atoms with Crippen molar-refractivity contribution >= 4 is 39.9 Å². The Bertz CT molecular complexity index is 863. The summed E-state index contributed by atoms with van der Waals surface area (Å²) >= 11 is 7.49. The molecule has 0 spiro atoms. The lowest BCUT2D eigenvalue weighted by molar-refractivity contribution is -0.111. The molecule has 0 bridgehead atoms. The first-order chi connectivity index (χ1) is 12.1. The zero-order valence-corrected chi connectivity index (χ0v) is 15.6. The standard InChI is InChI=1S/C20H19ClN2OS/c1-2-13-6-8-16-17(12-22)20(25-18(16)11-13)23-19(24)9-7-14-4-3-5-15(21)10-14/h3-5,7,9-10,13H,2,6,8,11H2,1H3,(H,23,24)/b9-7+. The average Bonchev–Trinajstić information content (AvgIpc) is 2.95. The molecule has 128 valence electrons. The maximum absolute atomic E-state index is 12.2. The van der Waals surface area contributed by atoms with Gasteiger partial charge in [-0.05, 0) is 54.5 Å². The molecular formula is C20H19ClN2OS. The summed E-state index contributed by atoms with van der Waals surface area (Å²) in [6, 6.07) is 9.58. The van der Waals surface area contributed by atoms with Gasteiger partial charge >= 0.3 is 0 Å². The highest BCUT2D eigenvalue weighted by molar-refractivity contribution is 7.16. The van der Waals surface area contributed by atoms with E-state index in [0.717, 1.165) is 36.8 Å². The number of benzene rings is 1. The summed E-state index contributed by atoms with van der Waals surface area (Å²) in [7, 11) is 0. The number of anilines is 1. The largest absolute Gasteiger partial charge is 0.313 e. The van der Waals surface area contributed by atoms with E-state index >= 15 is 0 Å². The first-order valence-corrected chi connectivity index (χ1v) is 9.59. The zero-order chi connectivity index (χ0) is 17.8. The van der Waals surface area contributed by atoms with Crippen molar-refractivity contribution in [1.29, 1.82) is 5.26 Å². The van der Waals surface area contributed by atoms with E-state index in [0.29, 0.717) is 21.5 Å². The van der Waals surface area contributed by atoms with E-state index in [1.807, 2.05) is 12.1 Å². The minimum Gasteiger partial charge on any atom is -0.313 e.